The monoisotopic (exact) mass is 186 g/mol. The lowest BCUT2D eigenvalue weighted by Gasteiger charge is -2.28. The maximum Gasteiger partial charge on any atom is 0.0166 e. The molecule has 0 rings (SSSR count). The largest absolute Gasteiger partial charge is 0.313 e. The molecule has 1 N–H and O–H groups in total. The zero-order valence-electron chi connectivity index (χ0n) is 10.1. The Morgan fingerprint density at radius 3 is 2.23 bits per heavy atom. The van der Waals surface area contributed by atoms with Crippen LogP contribution in [0.5, 0.6) is 0 Å². The lowest BCUT2D eigenvalue weighted by molar-refractivity contribution is 0.212. The van der Waals surface area contributed by atoms with E-state index in [2.05, 4.69) is 51.9 Å². The highest BCUT2D eigenvalue weighted by Crippen LogP contribution is 2.13. The predicted octanol–water partition coefficient (Wildman–Crippen LogP) is 1.96. The van der Waals surface area contributed by atoms with Gasteiger partial charge in [-0.25, -0.2) is 0 Å². The van der Waals surface area contributed by atoms with Crippen LogP contribution in [0.4, 0.5) is 0 Å². The molecule has 0 saturated heterocycles. The Morgan fingerprint density at radius 1 is 1.31 bits per heavy atom. The van der Waals surface area contributed by atoms with Gasteiger partial charge in [-0.15, -0.1) is 0 Å². The third kappa shape index (κ3) is 8.26. The fraction of sp³-hybridized carbons (Fsp3) is 1.00. The maximum atomic E-state index is 3.42. The lowest BCUT2D eigenvalue weighted by Crippen LogP contribution is -2.40. The third-order valence-electron chi connectivity index (χ3n) is 1.88. The Labute approximate surface area is 83.7 Å². The van der Waals surface area contributed by atoms with Gasteiger partial charge in [0.2, 0.25) is 0 Å². The maximum absolute atomic E-state index is 3.42. The van der Waals surface area contributed by atoms with Crippen LogP contribution in [-0.4, -0.2) is 37.6 Å². The summed E-state index contributed by atoms with van der Waals surface area (Å²) >= 11 is 0. The summed E-state index contributed by atoms with van der Waals surface area (Å²) in [6.07, 6.45) is 0. The molecule has 0 spiro atoms. The molecule has 0 heterocycles. The molecule has 0 aliphatic rings. The third-order valence-corrected chi connectivity index (χ3v) is 1.88. The van der Waals surface area contributed by atoms with E-state index >= 15 is 0 Å². The Kier molecular flexibility index (Phi) is 5.57. The van der Waals surface area contributed by atoms with Gasteiger partial charge in [-0.2, -0.15) is 0 Å². The van der Waals surface area contributed by atoms with Crippen molar-refractivity contribution < 1.29 is 0 Å². The number of hydrogen-bond donors (Lipinski definition) is 1. The molecule has 0 bridgehead atoms. The minimum Gasteiger partial charge on any atom is -0.313 e. The highest BCUT2D eigenvalue weighted by molar-refractivity contribution is 4.70. The van der Waals surface area contributed by atoms with Gasteiger partial charge in [0.15, 0.2) is 0 Å². The summed E-state index contributed by atoms with van der Waals surface area (Å²) in [5.74, 6) is 0. The molecule has 2 heteroatoms. The summed E-state index contributed by atoms with van der Waals surface area (Å²) in [6, 6.07) is 0.595. The average molecular weight is 186 g/mol. The first-order chi connectivity index (χ1) is 5.85. The molecule has 1 atom stereocenters. The highest BCUT2D eigenvalue weighted by Gasteiger charge is 2.14. The fourth-order valence-corrected chi connectivity index (χ4v) is 1.75. The highest BCUT2D eigenvalue weighted by atomic mass is 15.1. The topological polar surface area (TPSA) is 15.3 Å². The van der Waals surface area contributed by atoms with Gasteiger partial charge in [-0.05, 0) is 25.9 Å². The molecule has 0 aliphatic carbocycles. The standard InChI is InChI=1S/C11H26N2/c1-7-12-10(2)8-13(6)9-11(3,4)5/h10,12H,7-9H2,1-6H3. The summed E-state index contributed by atoms with van der Waals surface area (Å²) in [7, 11) is 2.19. The second kappa shape index (κ2) is 5.61. The van der Waals surface area contributed by atoms with Gasteiger partial charge in [0.05, 0.1) is 0 Å². The number of hydrogen-bond acceptors (Lipinski definition) is 2. The average Bonchev–Trinajstić information content (AvgIpc) is 1.81. The summed E-state index contributed by atoms with van der Waals surface area (Å²) in [5, 5.41) is 3.42. The molecule has 80 valence electrons. The first-order valence-electron chi connectivity index (χ1n) is 5.27. The summed E-state index contributed by atoms with van der Waals surface area (Å²) < 4.78 is 0. The Bertz CT molecular complexity index is 127. The van der Waals surface area contributed by atoms with Crippen LogP contribution in [0.2, 0.25) is 0 Å². The van der Waals surface area contributed by atoms with Crippen molar-refractivity contribution in [2.24, 2.45) is 5.41 Å². The molecule has 0 saturated carbocycles. The Hall–Kier alpha value is -0.0800. The van der Waals surface area contributed by atoms with Crippen molar-refractivity contribution >= 4 is 0 Å². The van der Waals surface area contributed by atoms with Crippen molar-refractivity contribution in [3.8, 4) is 0 Å². The quantitative estimate of drug-likeness (QED) is 0.706. The van der Waals surface area contributed by atoms with Gasteiger partial charge < -0.3 is 10.2 Å². The van der Waals surface area contributed by atoms with E-state index in [1.165, 1.54) is 0 Å². The van der Waals surface area contributed by atoms with Crippen LogP contribution in [0.25, 0.3) is 0 Å². The molecule has 0 fully saturated rings. The van der Waals surface area contributed by atoms with Gasteiger partial charge in [0.1, 0.15) is 0 Å². The van der Waals surface area contributed by atoms with E-state index in [1.54, 1.807) is 0 Å². The van der Waals surface area contributed by atoms with E-state index in [0.29, 0.717) is 11.5 Å². The van der Waals surface area contributed by atoms with Crippen molar-refractivity contribution in [1.29, 1.82) is 0 Å². The van der Waals surface area contributed by atoms with Crippen LogP contribution < -0.4 is 5.32 Å². The molecular weight excluding hydrogens is 160 g/mol. The zero-order valence-corrected chi connectivity index (χ0v) is 10.1. The minimum atomic E-state index is 0.403. The number of nitrogens with one attached hydrogen (secondary N) is 1. The molecular formula is C11H26N2. The summed E-state index contributed by atoms with van der Waals surface area (Å²) in [4.78, 5) is 2.40. The van der Waals surface area contributed by atoms with Crippen molar-refractivity contribution in [2.75, 3.05) is 26.7 Å². The SMILES string of the molecule is CCNC(C)CN(C)CC(C)(C)C. The van der Waals surface area contributed by atoms with Gasteiger partial charge in [-0.1, -0.05) is 27.7 Å². The second-order valence-electron chi connectivity index (χ2n) is 5.22. The van der Waals surface area contributed by atoms with E-state index in [9.17, 15) is 0 Å². The zero-order chi connectivity index (χ0) is 10.5. The molecule has 0 aliphatic heterocycles. The smallest absolute Gasteiger partial charge is 0.0166 e. The lowest BCUT2D eigenvalue weighted by atomic mass is 9.96. The van der Waals surface area contributed by atoms with Gasteiger partial charge in [0.25, 0.3) is 0 Å². The Morgan fingerprint density at radius 2 is 1.85 bits per heavy atom. The van der Waals surface area contributed by atoms with Crippen LogP contribution in [0.3, 0.4) is 0 Å². The normalized spacial score (nSPS) is 15.0. The van der Waals surface area contributed by atoms with Crippen LogP contribution in [0.15, 0.2) is 0 Å². The second-order valence-corrected chi connectivity index (χ2v) is 5.22. The van der Waals surface area contributed by atoms with E-state index in [0.717, 1.165) is 19.6 Å². The summed E-state index contributed by atoms with van der Waals surface area (Å²) in [5.41, 5.74) is 0.403. The van der Waals surface area contributed by atoms with E-state index in [1.807, 2.05) is 0 Å². The molecule has 0 radical (unpaired) electrons. The van der Waals surface area contributed by atoms with E-state index in [4.69, 9.17) is 0 Å². The van der Waals surface area contributed by atoms with Crippen molar-refractivity contribution in [3.63, 3.8) is 0 Å². The van der Waals surface area contributed by atoms with Crippen LogP contribution in [0.1, 0.15) is 34.6 Å². The molecule has 2 nitrogen and oxygen atoms in total. The molecule has 0 amide bonds. The van der Waals surface area contributed by atoms with E-state index < -0.39 is 0 Å². The minimum absolute atomic E-state index is 0.403. The fourth-order valence-electron chi connectivity index (χ4n) is 1.75. The molecule has 13 heavy (non-hydrogen) atoms. The molecule has 1 unspecified atom stereocenters. The van der Waals surface area contributed by atoms with Crippen LogP contribution >= 0.6 is 0 Å². The Balaban J connectivity index is 3.67. The van der Waals surface area contributed by atoms with Crippen molar-refractivity contribution in [3.05, 3.63) is 0 Å². The molecule has 0 aromatic carbocycles. The van der Waals surface area contributed by atoms with Crippen molar-refractivity contribution in [2.45, 2.75) is 40.7 Å². The molecule has 0 aromatic rings. The number of nitrogens with zero attached hydrogens (tertiary/aromatic N) is 1. The van der Waals surface area contributed by atoms with Gasteiger partial charge in [0, 0.05) is 19.1 Å². The summed E-state index contributed by atoms with van der Waals surface area (Å²) in [6.45, 7) is 14.6. The van der Waals surface area contributed by atoms with E-state index in [-0.39, 0.29) is 0 Å². The van der Waals surface area contributed by atoms with Gasteiger partial charge in [-0.3, -0.25) is 0 Å². The number of rotatable bonds is 5. The first kappa shape index (κ1) is 12.9. The first-order valence-corrected chi connectivity index (χ1v) is 5.27. The van der Waals surface area contributed by atoms with Crippen LogP contribution in [0, 0.1) is 5.41 Å². The van der Waals surface area contributed by atoms with Crippen LogP contribution in [-0.2, 0) is 0 Å². The number of likely N-dealkylation sites (N-methyl/N-ethyl adjacent to an activating group) is 2. The van der Waals surface area contributed by atoms with Gasteiger partial charge >= 0.3 is 0 Å². The predicted molar refractivity (Wildman–Crippen MR) is 60.1 cm³/mol. The molecule has 0 aromatic heterocycles. The van der Waals surface area contributed by atoms with Crippen molar-refractivity contribution in [1.82, 2.24) is 10.2 Å².